The van der Waals surface area contributed by atoms with Gasteiger partial charge in [0.15, 0.2) is 6.29 Å². The standard InChI is InChI=1S/C14H25NO5/c1-3-5-9-19-14(20-10-6-4-2)11-15-12(16)7-8-13(17)18/h7-8,14H,3-6,9-11H2,1-2H3,(H,15,16)(H,17,18). The molecule has 6 heteroatoms. The van der Waals surface area contributed by atoms with Crippen LogP contribution in [0.1, 0.15) is 39.5 Å². The average molecular weight is 287 g/mol. The molecule has 0 aliphatic heterocycles. The third kappa shape index (κ3) is 11.7. The quantitative estimate of drug-likeness (QED) is 0.324. The van der Waals surface area contributed by atoms with Crippen molar-refractivity contribution in [2.75, 3.05) is 19.8 Å². The highest BCUT2D eigenvalue weighted by molar-refractivity contribution is 5.93. The zero-order valence-corrected chi connectivity index (χ0v) is 12.3. The summed E-state index contributed by atoms with van der Waals surface area (Å²) < 4.78 is 11.1. The van der Waals surface area contributed by atoms with Crippen molar-refractivity contribution in [2.24, 2.45) is 0 Å². The van der Waals surface area contributed by atoms with E-state index >= 15 is 0 Å². The van der Waals surface area contributed by atoms with Gasteiger partial charge in [-0.1, -0.05) is 26.7 Å². The summed E-state index contributed by atoms with van der Waals surface area (Å²) in [7, 11) is 0. The highest BCUT2D eigenvalue weighted by atomic mass is 16.7. The number of carboxylic acids is 1. The monoisotopic (exact) mass is 287 g/mol. The maximum atomic E-state index is 11.3. The van der Waals surface area contributed by atoms with Crippen LogP contribution in [0.3, 0.4) is 0 Å². The van der Waals surface area contributed by atoms with Crippen molar-refractivity contribution in [1.82, 2.24) is 5.32 Å². The normalized spacial score (nSPS) is 11.2. The van der Waals surface area contributed by atoms with Crippen LogP contribution in [-0.4, -0.2) is 43.0 Å². The van der Waals surface area contributed by atoms with Gasteiger partial charge in [0.2, 0.25) is 5.91 Å². The Morgan fingerprint density at radius 2 is 1.65 bits per heavy atom. The predicted molar refractivity (Wildman–Crippen MR) is 75.3 cm³/mol. The molecule has 0 saturated heterocycles. The Hall–Kier alpha value is -1.40. The Bertz CT molecular complexity index is 294. The number of aliphatic carboxylic acids is 1. The molecule has 0 aromatic heterocycles. The minimum Gasteiger partial charge on any atom is -0.478 e. The Balaban J connectivity index is 4.05. The highest BCUT2D eigenvalue weighted by Gasteiger charge is 2.10. The molecule has 0 aliphatic rings. The second-order valence-corrected chi connectivity index (χ2v) is 4.29. The molecule has 0 aliphatic carbocycles. The Morgan fingerprint density at radius 1 is 1.10 bits per heavy atom. The summed E-state index contributed by atoms with van der Waals surface area (Å²) in [4.78, 5) is 21.6. The van der Waals surface area contributed by atoms with Gasteiger partial charge in [0.25, 0.3) is 0 Å². The molecule has 0 heterocycles. The molecule has 116 valence electrons. The lowest BCUT2D eigenvalue weighted by molar-refractivity contribution is -0.144. The molecule has 6 nitrogen and oxygen atoms in total. The molecule has 0 fully saturated rings. The average Bonchev–Trinajstić information content (AvgIpc) is 2.42. The van der Waals surface area contributed by atoms with E-state index in [4.69, 9.17) is 14.6 Å². The van der Waals surface area contributed by atoms with Crippen molar-refractivity contribution in [3.05, 3.63) is 12.2 Å². The number of rotatable bonds is 12. The van der Waals surface area contributed by atoms with Crippen LogP contribution < -0.4 is 5.32 Å². The Kier molecular flexibility index (Phi) is 11.7. The summed E-state index contributed by atoms with van der Waals surface area (Å²) in [6.45, 7) is 5.49. The van der Waals surface area contributed by atoms with E-state index in [0.717, 1.165) is 37.8 Å². The Morgan fingerprint density at radius 3 is 2.10 bits per heavy atom. The minimum absolute atomic E-state index is 0.205. The maximum absolute atomic E-state index is 11.3. The molecule has 0 rings (SSSR count). The first kappa shape index (κ1) is 18.6. The van der Waals surface area contributed by atoms with Gasteiger partial charge in [0.1, 0.15) is 0 Å². The molecule has 0 bridgehead atoms. The molecule has 0 saturated carbocycles. The number of amides is 1. The van der Waals surface area contributed by atoms with Crippen molar-refractivity contribution < 1.29 is 24.2 Å². The van der Waals surface area contributed by atoms with Crippen LogP contribution in [0.5, 0.6) is 0 Å². The highest BCUT2D eigenvalue weighted by Crippen LogP contribution is 2.00. The molecule has 0 unspecified atom stereocenters. The third-order valence-electron chi connectivity index (χ3n) is 2.42. The van der Waals surface area contributed by atoms with E-state index in [0.29, 0.717) is 13.2 Å². The summed E-state index contributed by atoms with van der Waals surface area (Å²) in [5.74, 6) is -1.63. The maximum Gasteiger partial charge on any atom is 0.328 e. The van der Waals surface area contributed by atoms with Crippen LogP contribution >= 0.6 is 0 Å². The van der Waals surface area contributed by atoms with Crippen molar-refractivity contribution in [3.63, 3.8) is 0 Å². The van der Waals surface area contributed by atoms with Crippen molar-refractivity contribution in [3.8, 4) is 0 Å². The van der Waals surface area contributed by atoms with Gasteiger partial charge >= 0.3 is 5.97 Å². The van der Waals surface area contributed by atoms with Crippen molar-refractivity contribution in [1.29, 1.82) is 0 Å². The fourth-order valence-corrected chi connectivity index (χ4v) is 1.27. The van der Waals surface area contributed by atoms with Crippen LogP contribution in [-0.2, 0) is 19.1 Å². The van der Waals surface area contributed by atoms with Crippen LogP contribution in [0.25, 0.3) is 0 Å². The lowest BCUT2D eigenvalue weighted by Gasteiger charge is -2.18. The molecular formula is C14H25NO5. The number of hydrogen-bond acceptors (Lipinski definition) is 4. The summed E-state index contributed by atoms with van der Waals surface area (Å²) in [6.07, 6.45) is 5.18. The van der Waals surface area contributed by atoms with Crippen LogP contribution in [0.4, 0.5) is 0 Å². The molecule has 20 heavy (non-hydrogen) atoms. The number of nitrogens with one attached hydrogen (secondary N) is 1. The minimum atomic E-state index is -1.16. The van der Waals surface area contributed by atoms with E-state index in [2.05, 4.69) is 19.2 Å². The molecule has 0 atom stereocenters. The van der Waals surface area contributed by atoms with Crippen molar-refractivity contribution in [2.45, 2.75) is 45.8 Å². The van der Waals surface area contributed by atoms with Crippen LogP contribution in [0.15, 0.2) is 12.2 Å². The van der Waals surface area contributed by atoms with E-state index < -0.39 is 18.2 Å². The van der Waals surface area contributed by atoms with Crippen molar-refractivity contribution >= 4 is 11.9 Å². The van der Waals surface area contributed by atoms with E-state index in [-0.39, 0.29) is 6.54 Å². The zero-order valence-electron chi connectivity index (χ0n) is 12.3. The summed E-state index contributed by atoms with van der Waals surface area (Å²) >= 11 is 0. The number of hydrogen-bond donors (Lipinski definition) is 2. The fraction of sp³-hybridized carbons (Fsp3) is 0.714. The van der Waals surface area contributed by atoms with Gasteiger partial charge in [-0.25, -0.2) is 4.79 Å². The SMILES string of the molecule is CCCCOC(CNC(=O)C=CC(=O)O)OCCCC. The molecule has 2 N–H and O–H groups in total. The first-order chi connectivity index (χ1) is 9.60. The predicted octanol–water partition coefficient (Wildman–Crippen LogP) is 1.70. The second kappa shape index (κ2) is 12.6. The van der Waals surface area contributed by atoms with E-state index in [1.165, 1.54) is 0 Å². The molecule has 0 aromatic rings. The number of carbonyl (C=O) groups is 2. The molecule has 1 amide bonds. The fourth-order valence-electron chi connectivity index (χ4n) is 1.27. The van der Waals surface area contributed by atoms with E-state index in [1.807, 2.05) is 0 Å². The largest absolute Gasteiger partial charge is 0.478 e. The van der Waals surface area contributed by atoms with Gasteiger partial charge in [-0.15, -0.1) is 0 Å². The summed E-state index contributed by atoms with van der Waals surface area (Å²) in [6, 6.07) is 0. The third-order valence-corrected chi connectivity index (χ3v) is 2.42. The molecular weight excluding hydrogens is 262 g/mol. The molecule has 0 spiro atoms. The number of ether oxygens (including phenoxy) is 2. The van der Waals surface area contributed by atoms with Crippen LogP contribution in [0, 0.1) is 0 Å². The molecule has 0 radical (unpaired) electrons. The zero-order chi connectivity index (χ0) is 15.2. The van der Waals surface area contributed by atoms with Gasteiger partial charge in [-0.2, -0.15) is 0 Å². The van der Waals surface area contributed by atoms with E-state index in [1.54, 1.807) is 0 Å². The van der Waals surface area contributed by atoms with Gasteiger partial charge in [-0.05, 0) is 12.8 Å². The smallest absolute Gasteiger partial charge is 0.328 e. The van der Waals surface area contributed by atoms with Gasteiger partial charge in [-0.3, -0.25) is 4.79 Å². The number of unbranched alkanes of at least 4 members (excludes halogenated alkanes) is 2. The first-order valence-electron chi connectivity index (χ1n) is 7.02. The first-order valence-corrected chi connectivity index (χ1v) is 7.02. The van der Waals surface area contributed by atoms with Crippen LogP contribution in [0.2, 0.25) is 0 Å². The van der Waals surface area contributed by atoms with Gasteiger partial charge in [0.05, 0.1) is 6.54 Å². The number of carboxylic acid groups (broad SMARTS) is 1. The lowest BCUT2D eigenvalue weighted by Crippen LogP contribution is -2.35. The lowest BCUT2D eigenvalue weighted by atomic mass is 10.3. The number of carbonyl (C=O) groups excluding carboxylic acids is 1. The second-order valence-electron chi connectivity index (χ2n) is 4.29. The summed E-state index contributed by atoms with van der Waals surface area (Å²) in [5, 5.41) is 11.0. The van der Waals surface area contributed by atoms with E-state index in [9.17, 15) is 9.59 Å². The Labute approximate surface area is 120 Å². The topological polar surface area (TPSA) is 84.9 Å². The molecule has 0 aromatic carbocycles. The van der Waals surface area contributed by atoms with Gasteiger partial charge < -0.3 is 19.9 Å². The van der Waals surface area contributed by atoms with Gasteiger partial charge in [0, 0.05) is 25.4 Å². The summed E-state index contributed by atoms with van der Waals surface area (Å²) in [5.41, 5.74) is 0.